The summed E-state index contributed by atoms with van der Waals surface area (Å²) in [5.41, 5.74) is 3.36. The molecule has 0 heterocycles. The molecule has 0 spiro atoms. The second kappa shape index (κ2) is 22.3. The van der Waals surface area contributed by atoms with Gasteiger partial charge in [-0.15, -0.1) is 0 Å². The first-order chi connectivity index (χ1) is 24.6. The molecule has 2 aromatic carbocycles. The number of ether oxygens (including phenoxy) is 3. The van der Waals surface area contributed by atoms with Crippen LogP contribution in [0.2, 0.25) is 0 Å². The van der Waals surface area contributed by atoms with E-state index in [9.17, 15) is 24.3 Å². The summed E-state index contributed by atoms with van der Waals surface area (Å²) < 4.78 is 16.4. The number of esters is 3. The largest absolute Gasteiger partial charge is 0.465 e. The summed E-state index contributed by atoms with van der Waals surface area (Å²) in [5.74, 6) is -2.34. The van der Waals surface area contributed by atoms with E-state index in [2.05, 4.69) is 31.3 Å². The lowest BCUT2D eigenvalue weighted by Crippen LogP contribution is -2.46. The lowest BCUT2D eigenvalue weighted by Gasteiger charge is -2.28. The Kier molecular flexibility index (Phi) is 18.2. The number of carbonyl (C=O) groups excluding carboxylic acids is 4. The van der Waals surface area contributed by atoms with Gasteiger partial charge in [0.25, 0.3) is 0 Å². The molecule has 1 aliphatic rings. The minimum absolute atomic E-state index is 0.0211. The van der Waals surface area contributed by atoms with Crippen molar-refractivity contribution < 1.29 is 38.5 Å². The summed E-state index contributed by atoms with van der Waals surface area (Å²) >= 11 is 0. The smallest absolute Gasteiger partial charge is 0.317 e. The lowest BCUT2D eigenvalue weighted by atomic mass is 9.87. The second-order valence-corrected chi connectivity index (χ2v) is 14.6. The molecular weight excluding hydrogens is 646 g/mol. The van der Waals surface area contributed by atoms with Gasteiger partial charge in [-0.1, -0.05) is 140 Å². The van der Waals surface area contributed by atoms with Gasteiger partial charge in [-0.3, -0.25) is 19.2 Å². The highest BCUT2D eigenvalue weighted by atomic mass is 16.6. The van der Waals surface area contributed by atoms with Gasteiger partial charge >= 0.3 is 17.9 Å². The van der Waals surface area contributed by atoms with Gasteiger partial charge in [0.15, 0.2) is 0 Å². The molecule has 1 aliphatic carbocycles. The molecule has 2 N–H and O–H groups in total. The third-order valence-electron chi connectivity index (χ3n) is 9.80. The molecule has 0 aromatic heterocycles. The van der Waals surface area contributed by atoms with Crippen LogP contribution in [0.15, 0.2) is 48.5 Å². The van der Waals surface area contributed by atoms with Crippen LogP contribution in [0, 0.1) is 11.3 Å². The first-order valence-corrected chi connectivity index (χ1v) is 19.2. The topological polar surface area (TPSA) is 128 Å². The highest BCUT2D eigenvalue weighted by Crippen LogP contribution is 2.44. The van der Waals surface area contributed by atoms with Crippen molar-refractivity contribution in [3.8, 4) is 11.1 Å². The fraction of sp³-hybridized carbons (Fsp3) is 0.619. The Labute approximate surface area is 305 Å². The van der Waals surface area contributed by atoms with E-state index in [0.717, 1.165) is 47.9 Å². The molecule has 2 unspecified atom stereocenters. The molecule has 51 heavy (non-hydrogen) atoms. The minimum Gasteiger partial charge on any atom is -0.465 e. The standard InChI is InChI=1S/C42H61NO8/c1-5-7-9-11-12-14-20-31(19-13-10-8-6-2)28-49-38(45)27-39(46)51-30-42(3,4)40(47)41(48)43-26-25-37(44)50-29-36-34-23-17-15-21-32(34)33-22-16-18-24-35(33)36/h15-18,21-24,31,36,40,47H,5-14,19-20,25-30H2,1-4H3,(H,43,48). The van der Waals surface area contributed by atoms with Crippen molar-refractivity contribution in [3.63, 3.8) is 0 Å². The molecule has 9 nitrogen and oxygen atoms in total. The maximum absolute atomic E-state index is 12.7. The fourth-order valence-electron chi connectivity index (χ4n) is 6.59. The minimum atomic E-state index is -1.52. The molecule has 0 radical (unpaired) electrons. The summed E-state index contributed by atoms with van der Waals surface area (Å²) in [4.78, 5) is 50.2. The summed E-state index contributed by atoms with van der Waals surface area (Å²) in [6.07, 6.45) is 11.8. The van der Waals surface area contributed by atoms with Crippen LogP contribution < -0.4 is 5.32 Å². The Hall–Kier alpha value is -3.72. The van der Waals surface area contributed by atoms with Crippen LogP contribution in [-0.2, 0) is 33.4 Å². The SMILES string of the molecule is CCCCCCCCC(CCCCCC)COC(=O)CC(=O)OCC(C)(C)C(O)C(=O)NCCC(=O)OCC1c2ccccc2-c2ccccc21. The Morgan fingerprint density at radius 1 is 0.725 bits per heavy atom. The maximum atomic E-state index is 12.7. The molecule has 3 rings (SSSR count). The number of hydrogen-bond acceptors (Lipinski definition) is 8. The first-order valence-electron chi connectivity index (χ1n) is 19.2. The molecule has 1 amide bonds. The van der Waals surface area contributed by atoms with Crippen molar-refractivity contribution in [3.05, 3.63) is 59.7 Å². The second-order valence-electron chi connectivity index (χ2n) is 14.6. The predicted octanol–water partition coefficient (Wildman–Crippen LogP) is 8.05. The summed E-state index contributed by atoms with van der Waals surface area (Å²) in [6.45, 7) is 7.75. The number of carbonyl (C=O) groups is 4. The van der Waals surface area contributed by atoms with E-state index < -0.39 is 41.8 Å². The van der Waals surface area contributed by atoms with Gasteiger partial charge in [0.2, 0.25) is 5.91 Å². The van der Waals surface area contributed by atoms with Crippen molar-refractivity contribution in [2.45, 2.75) is 130 Å². The number of rotatable bonds is 25. The van der Waals surface area contributed by atoms with Crippen LogP contribution in [-0.4, -0.2) is 61.4 Å². The Bertz CT molecular complexity index is 1340. The Morgan fingerprint density at radius 2 is 1.25 bits per heavy atom. The molecule has 2 atom stereocenters. The molecule has 0 fully saturated rings. The molecule has 2 aromatic rings. The molecular formula is C42H61NO8. The summed E-state index contributed by atoms with van der Waals surface area (Å²) in [5, 5.41) is 13.3. The van der Waals surface area contributed by atoms with Crippen LogP contribution in [0.5, 0.6) is 0 Å². The van der Waals surface area contributed by atoms with Gasteiger partial charge in [-0.25, -0.2) is 0 Å². The summed E-state index contributed by atoms with van der Waals surface area (Å²) in [6, 6.07) is 16.2. The van der Waals surface area contributed by atoms with E-state index in [0.29, 0.717) is 6.61 Å². The fourth-order valence-corrected chi connectivity index (χ4v) is 6.59. The average Bonchev–Trinajstić information content (AvgIpc) is 3.44. The number of aliphatic hydroxyl groups excluding tert-OH is 1. The van der Waals surface area contributed by atoms with Crippen molar-refractivity contribution >= 4 is 23.8 Å². The summed E-state index contributed by atoms with van der Waals surface area (Å²) in [7, 11) is 0. The van der Waals surface area contributed by atoms with Crippen LogP contribution in [0.25, 0.3) is 11.1 Å². The normalized spacial score (nSPS) is 13.5. The van der Waals surface area contributed by atoms with Crippen molar-refractivity contribution in [2.75, 3.05) is 26.4 Å². The Morgan fingerprint density at radius 3 is 1.86 bits per heavy atom. The quantitative estimate of drug-likeness (QED) is 0.0459. The monoisotopic (exact) mass is 707 g/mol. The van der Waals surface area contributed by atoms with Gasteiger partial charge in [-0.05, 0) is 41.0 Å². The number of benzene rings is 2. The van der Waals surface area contributed by atoms with Crippen LogP contribution >= 0.6 is 0 Å². The number of nitrogens with one attached hydrogen (secondary N) is 1. The van der Waals surface area contributed by atoms with E-state index in [1.165, 1.54) is 51.4 Å². The predicted molar refractivity (Wildman–Crippen MR) is 199 cm³/mol. The van der Waals surface area contributed by atoms with E-state index in [-0.39, 0.29) is 38.0 Å². The van der Waals surface area contributed by atoms with Gasteiger partial charge in [-0.2, -0.15) is 0 Å². The molecule has 0 saturated heterocycles. The molecule has 0 saturated carbocycles. The number of aliphatic hydroxyl groups is 1. The maximum Gasteiger partial charge on any atom is 0.317 e. The zero-order valence-electron chi connectivity index (χ0n) is 31.4. The van der Waals surface area contributed by atoms with Crippen LogP contribution in [0.4, 0.5) is 0 Å². The van der Waals surface area contributed by atoms with E-state index in [4.69, 9.17) is 14.2 Å². The highest BCUT2D eigenvalue weighted by Gasteiger charge is 2.35. The third-order valence-corrected chi connectivity index (χ3v) is 9.80. The number of hydrogen-bond donors (Lipinski definition) is 2. The average molecular weight is 708 g/mol. The molecule has 0 aliphatic heterocycles. The highest BCUT2D eigenvalue weighted by molar-refractivity contribution is 5.91. The zero-order valence-corrected chi connectivity index (χ0v) is 31.4. The van der Waals surface area contributed by atoms with Gasteiger partial charge in [0, 0.05) is 17.9 Å². The molecule has 0 bridgehead atoms. The van der Waals surface area contributed by atoms with E-state index >= 15 is 0 Å². The van der Waals surface area contributed by atoms with Crippen LogP contribution in [0.1, 0.15) is 135 Å². The van der Waals surface area contributed by atoms with E-state index in [1.54, 1.807) is 13.8 Å². The van der Waals surface area contributed by atoms with Crippen molar-refractivity contribution in [1.82, 2.24) is 5.32 Å². The Balaban J connectivity index is 1.34. The number of unbranched alkanes of at least 4 members (excludes halogenated alkanes) is 8. The number of amides is 1. The van der Waals surface area contributed by atoms with E-state index in [1.807, 2.05) is 36.4 Å². The molecule has 282 valence electrons. The zero-order chi connectivity index (χ0) is 37.1. The lowest BCUT2D eigenvalue weighted by molar-refractivity contribution is -0.160. The molecule has 9 heteroatoms. The van der Waals surface area contributed by atoms with Gasteiger partial charge in [0.1, 0.15) is 19.1 Å². The number of fused-ring (bicyclic) bond motifs is 3. The van der Waals surface area contributed by atoms with Crippen LogP contribution in [0.3, 0.4) is 0 Å². The van der Waals surface area contributed by atoms with Crippen molar-refractivity contribution in [1.29, 1.82) is 0 Å². The van der Waals surface area contributed by atoms with Gasteiger partial charge in [0.05, 0.1) is 19.6 Å². The van der Waals surface area contributed by atoms with Crippen molar-refractivity contribution in [2.24, 2.45) is 11.3 Å². The third kappa shape index (κ3) is 14.1. The first kappa shape index (κ1) is 41.7. The van der Waals surface area contributed by atoms with Gasteiger partial charge < -0.3 is 24.6 Å².